The third-order valence-electron chi connectivity index (χ3n) is 3.25. The Labute approximate surface area is 121 Å². The fourth-order valence-electron chi connectivity index (χ4n) is 2.26. The van der Waals surface area contributed by atoms with E-state index < -0.39 is 10.1 Å². The summed E-state index contributed by atoms with van der Waals surface area (Å²) in [4.78, 5) is 11.6. The molecule has 108 valence electrons. The van der Waals surface area contributed by atoms with Crippen molar-refractivity contribution in [3.8, 4) is 0 Å². The second-order valence-electron chi connectivity index (χ2n) is 4.89. The lowest BCUT2D eigenvalue weighted by molar-refractivity contribution is -0.116. The molecule has 7 heteroatoms. The number of amides is 1. The fourth-order valence-corrected chi connectivity index (χ4v) is 2.78. The highest BCUT2D eigenvalue weighted by Crippen LogP contribution is 2.27. The van der Waals surface area contributed by atoms with Gasteiger partial charge in [0.2, 0.25) is 0 Å². The molecule has 0 aromatic heterocycles. The van der Waals surface area contributed by atoms with E-state index in [0.29, 0.717) is 17.5 Å². The van der Waals surface area contributed by atoms with E-state index in [0.717, 1.165) is 11.1 Å². The van der Waals surface area contributed by atoms with Crippen molar-refractivity contribution in [2.75, 3.05) is 5.01 Å². The van der Waals surface area contributed by atoms with Crippen LogP contribution in [-0.4, -0.2) is 24.6 Å². The van der Waals surface area contributed by atoms with E-state index in [2.05, 4.69) is 5.10 Å². The average molecular weight is 304 g/mol. The lowest BCUT2D eigenvalue weighted by Crippen LogP contribution is -2.19. The van der Waals surface area contributed by atoms with Crippen LogP contribution in [0.5, 0.6) is 0 Å². The largest absolute Gasteiger partial charge is 0.294 e. The molecule has 1 amide bonds. The Morgan fingerprint density at radius 3 is 2.43 bits per heavy atom. The lowest BCUT2D eigenvalue weighted by atomic mass is 10.1. The number of rotatable bonds is 2. The monoisotopic (exact) mass is 304 g/mol. The highest BCUT2D eigenvalue weighted by molar-refractivity contribution is 7.85. The number of hydrogen-bond donors (Lipinski definition) is 1. The first-order valence-electron chi connectivity index (χ1n) is 6.23. The summed E-state index contributed by atoms with van der Waals surface area (Å²) in [6.07, 6.45) is 0.305. The van der Waals surface area contributed by atoms with Crippen LogP contribution in [0.15, 0.2) is 46.4 Å². The van der Waals surface area contributed by atoms with Gasteiger partial charge in [-0.1, -0.05) is 12.1 Å². The first-order chi connectivity index (χ1) is 9.84. The molecule has 0 radical (unpaired) electrons. The van der Waals surface area contributed by atoms with Gasteiger partial charge in [0.25, 0.3) is 16.0 Å². The topological polar surface area (TPSA) is 87.0 Å². The zero-order valence-electron chi connectivity index (χ0n) is 11.1. The maximum atomic E-state index is 11.8. The number of nitrogens with zero attached hydrogens (tertiary/aromatic N) is 2. The maximum absolute atomic E-state index is 11.8. The van der Waals surface area contributed by atoms with Crippen LogP contribution in [0.3, 0.4) is 0 Å². The summed E-state index contributed by atoms with van der Waals surface area (Å²) in [5, 5.41) is 6.92. The molecule has 6 nitrogen and oxygen atoms in total. The van der Waals surface area contributed by atoms with Gasteiger partial charge in [-0.2, -0.15) is 13.5 Å². The summed E-state index contributed by atoms with van der Waals surface area (Å²) >= 11 is 0. The second-order valence-corrected chi connectivity index (χ2v) is 6.31. The molecule has 0 saturated heterocycles. The number of carbonyl (C=O) groups excluding carboxylic acids is 1. The van der Waals surface area contributed by atoms with Gasteiger partial charge in [-0.3, -0.25) is 9.35 Å². The van der Waals surface area contributed by atoms with E-state index in [-0.39, 0.29) is 10.8 Å². The van der Waals surface area contributed by atoms with Crippen LogP contribution < -0.4 is 5.01 Å². The number of fused-ring (bicyclic) bond motifs is 1. The predicted octanol–water partition coefficient (Wildman–Crippen LogP) is 2.20. The summed E-state index contributed by atoms with van der Waals surface area (Å²) < 4.78 is 31.3. The van der Waals surface area contributed by atoms with Crippen LogP contribution in [0.1, 0.15) is 13.3 Å². The minimum absolute atomic E-state index is 0.0959. The summed E-state index contributed by atoms with van der Waals surface area (Å²) in [5.41, 5.74) is 1.38. The first-order valence-corrected chi connectivity index (χ1v) is 7.67. The standard InChI is InChI=1S/C14H12N2O4S/c1-9-6-14(17)16(15-9)12-4-2-11-8-13(21(18,19)20)5-3-10(11)7-12/h2-5,7-8H,6H2,1H3,(H,18,19,20). The molecule has 0 unspecified atom stereocenters. The van der Waals surface area contributed by atoms with Crippen molar-refractivity contribution in [1.82, 2.24) is 0 Å². The fraction of sp³-hybridized carbons (Fsp3) is 0.143. The maximum Gasteiger partial charge on any atom is 0.294 e. The smallest absolute Gasteiger partial charge is 0.282 e. The van der Waals surface area contributed by atoms with Gasteiger partial charge in [-0.25, -0.2) is 5.01 Å². The summed E-state index contributed by atoms with van der Waals surface area (Å²) in [5.74, 6) is -0.0959. The van der Waals surface area contributed by atoms with E-state index in [1.165, 1.54) is 17.1 Å². The molecule has 2 aromatic carbocycles. The Hall–Kier alpha value is -2.25. The van der Waals surface area contributed by atoms with Crippen LogP contribution >= 0.6 is 0 Å². The van der Waals surface area contributed by atoms with Gasteiger partial charge in [-0.05, 0) is 42.0 Å². The minimum atomic E-state index is -4.22. The van der Waals surface area contributed by atoms with Crippen molar-refractivity contribution in [3.63, 3.8) is 0 Å². The molecule has 0 atom stereocenters. The first kappa shape index (κ1) is 13.7. The van der Waals surface area contributed by atoms with E-state index in [1.807, 2.05) is 0 Å². The molecule has 1 heterocycles. The van der Waals surface area contributed by atoms with Gasteiger partial charge in [-0.15, -0.1) is 0 Å². The van der Waals surface area contributed by atoms with Crippen molar-refractivity contribution >= 4 is 38.2 Å². The molecule has 0 fully saturated rings. The molecule has 0 saturated carbocycles. The second kappa shape index (κ2) is 4.64. The lowest BCUT2D eigenvalue weighted by Gasteiger charge is -2.12. The molecule has 1 aliphatic rings. The predicted molar refractivity (Wildman–Crippen MR) is 79.0 cm³/mol. The zero-order chi connectivity index (χ0) is 15.2. The summed E-state index contributed by atoms with van der Waals surface area (Å²) in [6, 6.07) is 9.42. The molecule has 1 N–H and O–H groups in total. The number of carbonyl (C=O) groups is 1. The normalized spacial score (nSPS) is 15.6. The molecule has 1 aliphatic heterocycles. The van der Waals surface area contributed by atoms with Crippen LogP contribution in [0.25, 0.3) is 10.8 Å². The molecule has 3 rings (SSSR count). The van der Waals surface area contributed by atoms with Crippen LogP contribution in [-0.2, 0) is 14.9 Å². The number of anilines is 1. The van der Waals surface area contributed by atoms with E-state index >= 15 is 0 Å². The Bertz CT molecular complexity index is 887. The number of benzene rings is 2. The van der Waals surface area contributed by atoms with Gasteiger partial charge in [0, 0.05) is 5.71 Å². The molecular weight excluding hydrogens is 292 g/mol. The van der Waals surface area contributed by atoms with E-state index in [9.17, 15) is 13.2 Å². The molecule has 0 bridgehead atoms. The van der Waals surface area contributed by atoms with Gasteiger partial charge >= 0.3 is 0 Å². The molecular formula is C14H12N2O4S. The SMILES string of the molecule is CC1=NN(c2ccc3cc(S(=O)(=O)O)ccc3c2)C(=O)C1. The van der Waals surface area contributed by atoms with Crippen molar-refractivity contribution < 1.29 is 17.8 Å². The molecule has 0 aliphatic carbocycles. The van der Waals surface area contributed by atoms with Crippen molar-refractivity contribution in [2.45, 2.75) is 18.2 Å². The van der Waals surface area contributed by atoms with Crippen LogP contribution in [0, 0.1) is 0 Å². The van der Waals surface area contributed by atoms with Gasteiger partial charge in [0.1, 0.15) is 0 Å². The Morgan fingerprint density at radius 2 is 1.81 bits per heavy atom. The number of hydrogen-bond acceptors (Lipinski definition) is 4. The highest BCUT2D eigenvalue weighted by Gasteiger charge is 2.22. The third-order valence-corrected chi connectivity index (χ3v) is 4.10. The van der Waals surface area contributed by atoms with Crippen molar-refractivity contribution in [1.29, 1.82) is 0 Å². The minimum Gasteiger partial charge on any atom is -0.282 e. The van der Waals surface area contributed by atoms with Crippen LogP contribution in [0.2, 0.25) is 0 Å². The average Bonchev–Trinajstić information content (AvgIpc) is 2.75. The van der Waals surface area contributed by atoms with Crippen molar-refractivity contribution in [3.05, 3.63) is 36.4 Å². The molecule has 2 aromatic rings. The van der Waals surface area contributed by atoms with Crippen LogP contribution in [0.4, 0.5) is 5.69 Å². The molecule has 0 spiro atoms. The summed E-state index contributed by atoms with van der Waals surface area (Å²) in [6.45, 7) is 1.79. The Kier molecular flexibility index (Phi) is 3.03. The molecule has 21 heavy (non-hydrogen) atoms. The quantitative estimate of drug-likeness (QED) is 0.862. The van der Waals surface area contributed by atoms with E-state index in [1.54, 1.807) is 31.2 Å². The summed E-state index contributed by atoms with van der Waals surface area (Å²) in [7, 11) is -4.22. The van der Waals surface area contributed by atoms with Crippen molar-refractivity contribution in [2.24, 2.45) is 5.10 Å². The zero-order valence-corrected chi connectivity index (χ0v) is 12.0. The number of hydrazone groups is 1. The Balaban J connectivity index is 2.08. The highest BCUT2D eigenvalue weighted by atomic mass is 32.2. The van der Waals surface area contributed by atoms with Gasteiger partial charge < -0.3 is 0 Å². The van der Waals surface area contributed by atoms with Gasteiger partial charge in [0.15, 0.2) is 0 Å². The Morgan fingerprint density at radius 1 is 1.14 bits per heavy atom. The van der Waals surface area contributed by atoms with Gasteiger partial charge in [0.05, 0.1) is 17.0 Å². The van der Waals surface area contributed by atoms with E-state index in [4.69, 9.17) is 4.55 Å². The third kappa shape index (κ3) is 2.53.